The summed E-state index contributed by atoms with van der Waals surface area (Å²) in [5, 5.41) is 1.81. The van der Waals surface area contributed by atoms with E-state index in [1.165, 1.54) is 5.56 Å². The molecule has 5 heteroatoms. The number of hydrogen-bond donors (Lipinski definition) is 0. The van der Waals surface area contributed by atoms with E-state index in [0.717, 1.165) is 37.5 Å². The third-order valence-corrected chi connectivity index (χ3v) is 6.27. The molecule has 0 spiro atoms. The number of benzene rings is 3. The van der Waals surface area contributed by atoms with Crippen LogP contribution in [0.2, 0.25) is 0 Å². The van der Waals surface area contributed by atoms with E-state index >= 15 is 0 Å². The zero-order chi connectivity index (χ0) is 22.1. The van der Waals surface area contributed by atoms with Gasteiger partial charge in [0.05, 0.1) is 5.52 Å². The molecule has 0 amide bonds. The fourth-order valence-electron chi connectivity index (χ4n) is 3.50. The zero-order valence-electron chi connectivity index (χ0n) is 17.7. The fraction of sp³-hybridized carbons (Fsp3) is 0.0741. The highest BCUT2D eigenvalue weighted by molar-refractivity contribution is 7.99. The van der Waals surface area contributed by atoms with Gasteiger partial charge in [0.15, 0.2) is 5.70 Å². The number of carbonyl (C=O) groups excluding carboxylic acids is 1. The van der Waals surface area contributed by atoms with Gasteiger partial charge in [-0.05, 0) is 55.8 Å². The number of aliphatic imine (C=N–C) groups is 1. The largest absolute Gasteiger partial charge is 0.402 e. The molecule has 0 aliphatic carbocycles. The van der Waals surface area contributed by atoms with Gasteiger partial charge in [0, 0.05) is 21.4 Å². The zero-order valence-corrected chi connectivity index (χ0v) is 18.5. The number of esters is 1. The Labute approximate surface area is 190 Å². The number of aromatic nitrogens is 1. The minimum atomic E-state index is -0.456. The lowest BCUT2D eigenvalue weighted by Gasteiger charge is -2.08. The maximum atomic E-state index is 12.6. The van der Waals surface area contributed by atoms with Gasteiger partial charge in [-0.3, -0.25) is 0 Å². The predicted octanol–water partition coefficient (Wildman–Crippen LogP) is 6.35. The van der Waals surface area contributed by atoms with E-state index in [1.54, 1.807) is 17.8 Å². The highest BCUT2D eigenvalue weighted by Crippen LogP contribution is 2.33. The molecule has 5 rings (SSSR count). The van der Waals surface area contributed by atoms with E-state index < -0.39 is 5.97 Å². The molecule has 1 aromatic heterocycles. The first-order valence-electron chi connectivity index (χ1n) is 10.3. The van der Waals surface area contributed by atoms with Crippen molar-refractivity contribution in [2.75, 3.05) is 0 Å². The second-order valence-electron chi connectivity index (χ2n) is 7.64. The van der Waals surface area contributed by atoms with E-state index in [1.807, 2.05) is 61.5 Å². The lowest BCUT2D eigenvalue weighted by Crippen LogP contribution is -2.06. The van der Waals surface area contributed by atoms with Crippen molar-refractivity contribution in [3.63, 3.8) is 0 Å². The Hall–Kier alpha value is -3.70. The quantitative estimate of drug-likeness (QED) is 0.276. The summed E-state index contributed by atoms with van der Waals surface area (Å²) < 4.78 is 5.49. The highest BCUT2D eigenvalue weighted by atomic mass is 32.2. The van der Waals surface area contributed by atoms with Crippen LogP contribution in [0.15, 0.2) is 99.5 Å². The minimum Gasteiger partial charge on any atom is -0.402 e. The summed E-state index contributed by atoms with van der Waals surface area (Å²) in [6.07, 6.45) is 1.77. The van der Waals surface area contributed by atoms with Gasteiger partial charge in [-0.2, -0.15) is 0 Å². The summed E-state index contributed by atoms with van der Waals surface area (Å²) >= 11 is 1.57. The van der Waals surface area contributed by atoms with Crippen LogP contribution < -0.4 is 0 Å². The molecular formula is C27H20N2O2S. The number of hydrogen-bond acceptors (Lipinski definition) is 5. The molecule has 0 saturated carbocycles. The Morgan fingerprint density at radius 2 is 1.66 bits per heavy atom. The summed E-state index contributed by atoms with van der Waals surface area (Å²) in [6.45, 7) is 4.03. The SMILES string of the molecule is Cc1ccc(Sc2nc3ccccc3cc2/C=C2/N=C(c3ccccc3C)OC2=O)cc1. The molecule has 3 aromatic carbocycles. The number of nitrogens with zero attached hydrogens (tertiary/aromatic N) is 2. The number of rotatable bonds is 4. The molecule has 0 bridgehead atoms. The Morgan fingerprint density at radius 1 is 0.906 bits per heavy atom. The number of fused-ring (bicyclic) bond motifs is 1. The molecule has 2 heterocycles. The maximum Gasteiger partial charge on any atom is 0.363 e. The molecule has 4 aromatic rings. The van der Waals surface area contributed by atoms with Gasteiger partial charge in [-0.1, -0.05) is 65.9 Å². The molecule has 0 radical (unpaired) electrons. The van der Waals surface area contributed by atoms with Crippen molar-refractivity contribution in [3.05, 3.63) is 107 Å². The van der Waals surface area contributed by atoms with Crippen LogP contribution in [0.5, 0.6) is 0 Å². The van der Waals surface area contributed by atoms with Crippen LogP contribution in [0.3, 0.4) is 0 Å². The summed E-state index contributed by atoms with van der Waals surface area (Å²) in [5.41, 5.74) is 5.03. The van der Waals surface area contributed by atoms with Crippen LogP contribution in [-0.2, 0) is 9.53 Å². The molecule has 0 N–H and O–H groups in total. The number of cyclic esters (lactones) is 1. The number of ether oxygens (including phenoxy) is 1. The number of carbonyl (C=O) groups is 1. The summed E-state index contributed by atoms with van der Waals surface area (Å²) in [4.78, 5) is 23.1. The van der Waals surface area contributed by atoms with Crippen LogP contribution in [0, 0.1) is 13.8 Å². The molecule has 1 aliphatic heterocycles. The molecule has 0 unspecified atom stereocenters. The lowest BCUT2D eigenvalue weighted by molar-refractivity contribution is -0.129. The molecule has 32 heavy (non-hydrogen) atoms. The van der Waals surface area contributed by atoms with Gasteiger partial charge in [-0.25, -0.2) is 14.8 Å². The molecule has 1 aliphatic rings. The molecular weight excluding hydrogens is 416 g/mol. The second kappa shape index (κ2) is 8.44. The van der Waals surface area contributed by atoms with Crippen LogP contribution in [0.1, 0.15) is 22.3 Å². The molecule has 0 saturated heterocycles. The van der Waals surface area contributed by atoms with Crippen molar-refractivity contribution in [2.24, 2.45) is 4.99 Å². The topological polar surface area (TPSA) is 51.6 Å². The summed E-state index contributed by atoms with van der Waals surface area (Å²) in [7, 11) is 0. The third kappa shape index (κ3) is 4.07. The predicted molar refractivity (Wildman–Crippen MR) is 129 cm³/mol. The molecule has 0 fully saturated rings. The first kappa shape index (κ1) is 20.2. The normalized spacial score (nSPS) is 14.6. The van der Waals surface area contributed by atoms with Crippen LogP contribution >= 0.6 is 11.8 Å². The Balaban J connectivity index is 1.59. The lowest BCUT2D eigenvalue weighted by atomic mass is 10.1. The summed E-state index contributed by atoms with van der Waals surface area (Å²) in [6, 6.07) is 26.0. The van der Waals surface area contributed by atoms with Crippen LogP contribution in [-0.4, -0.2) is 16.9 Å². The number of aryl methyl sites for hydroxylation is 2. The Morgan fingerprint density at radius 3 is 2.47 bits per heavy atom. The van der Waals surface area contributed by atoms with Crippen molar-refractivity contribution in [3.8, 4) is 0 Å². The van der Waals surface area contributed by atoms with Gasteiger partial charge in [0.2, 0.25) is 5.90 Å². The van der Waals surface area contributed by atoms with Gasteiger partial charge >= 0.3 is 5.97 Å². The monoisotopic (exact) mass is 436 g/mol. The second-order valence-corrected chi connectivity index (χ2v) is 8.70. The molecule has 0 atom stereocenters. The Bertz CT molecular complexity index is 1410. The van der Waals surface area contributed by atoms with E-state index in [2.05, 4.69) is 36.2 Å². The van der Waals surface area contributed by atoms with E-state index in [0.29, 0.717) is 5.90 Å². The minimum absolute atomic E-state index is 0.270. The average molecular weight is 437 g/mol. The van der Waals surface area contributed by atoms with Crippen molar-refractivity contribution in [2.45, 2.75) is 23.8 Å². The smallest absolute Gasteiger partial charge is 0.363 e. The van der Waals surface area contributed by atoms with Crippen molar-refractivity contribution >= 4 is 40.6 Å². The molecule has 4 nitrogen and oxygen atoms in total. The van der Waals surface area contributed by atoms with Crippen LogP contribution in [0.4, 0.5) is 0 Å². The first-order valence-corrected chi connectivity index (χ1v) is 11.1. The first-order chi connectivity index (χ1) is 15.6. The van der Waals surface area contributed by atoms with Crippen molar-refractivity contribution in [1.82, 2.24) is 4.98 Å². The van der Waals surface area contributed by atoms with Gasteiger partial charge in [0.1, 0.15) is 5.03 Å². The standard InChI is InChI=1S/C27H20N2O2S/c1-17-11-13-21(14-12-17)32-26-20(15-19-8-4-6-10-23(19)29-26)16-24-27(30)31-25(28-24)22-9-5-3-7-18(22)2/h3-16H,1-2H3/b24-16+. The average Bonchev–Trinajstić information content (AvgIpc) is 3.16. The van der Waals surface area contributed by atoms with E-state index in [4.69, 9.17) is 9.72 Å². The van der Waals surface area contributed by atoms with Gasteiger partial charge in [0.25, 0.3) is 0 Å². The van der Waals surface area contributed by atoms with Crippen molar-refractivity contribution < 1.29 is 9.53 Å². The number of pyridine rings is 1. The fourth-order valence-corrected chi connectivity index (χ4v) is 4.38. The highest BCUT2D eigenvalue weighted by Gasteiger charge is 2.25. The van der Waals surface area contributed by atoms with Gasteiger partial charge < -0.3 is 4.74 Å². The van der Waals surface area contributed by atoms with E-state index in [-0.39, 0.29) is 5.70 Å². The summed E-state index contributed by atoms with van der Waals surface area (Å²) in [5.74, 6) is -0.122. The third-order valence-electron chi connectivity index (χ3n) is 5.24. The Kier molecular flexibility index (Phi) is 5.33. The molecule has 156 valence electrons. The van der Waals surface area contributed by atoms with Crippen molar-refractivity contribution in [1.29, 1.82) is 0 Å². The number of para-hydroxylation sites is 1. The maximum absolute atomic E-state index is 12.6. The van der Waals surface area contributed by atoms with Crippen LogP contribution in [0.25, 0.3) is 17.0 Å². The van der Waals surface area contributed by atoms with E-state index in [9.17, 15) is 4.79 Å². The van der Waals surface area contributed by atoms with Gasteiger partial charge in [-0.15, -0.1) is 0 Å².